The fourth-order valence-corrected chi connectivity index (χ4v) is 1.72. The van der Waals surface area contributed by atoms with E-state index in [1.165, 1.54) is 14.0 Å². The summed E-state index contributed by atoms with van der Waals surface area (Å²) in [6, 6.07) is -0.805. The lowest BCUT2D eigenvalue weighted by atomic mass is 9.96. The maximum Gasteiger partial charge on any atom is 0.217 e. The van der Waals surface area contributed by atoms with Gasteiger partial charge >= 0.3 is 0 Å². The lowest BCUT2D eigenvalue weighted by Gasteiger charge is -2.41. The van der Waals surface area contributed by atoms with Crippen LogP contribution in [0.3, 0.4) is 0 Å². The number of nitrogens with two attached hydrogens (primary N) is 1. The SMILES string of the molecule is CO[C@H]1O[C@H](CN)[C@@H](O)[C@H](O)[C@H]1NC(C)=O. The monoisotopic (exact) mass is 234 g/mol. The van der Waals surface area contributed by atoms with Crippen LogP contribution in [0.25, 0.3) is 0 Å². The normalized spacial score (nSPS) is 39.4. The van der Waals surface area contributed by atoms with E-state index in [0.29, 0.717) is 0 Å². The number of carbonyl (C=O) groups is 1. The molecule has 5 N–H and O–H groups in total. The molecule has 5 atom stereocenters. The smallest absolute Gasteiger partial charge is 0.217 e. The molecule has 1 saturated heterocycles. The summed E-state index contributed by atoms with van der Waals surface area (Å²) in [6.45, 7) is 1.37. The number of hydrogen-bond donors (Lipinski definition) is 4. The van der Waals surface area contributed by atoms with Crippen molar-refractivity contribution in [2.75, 3.05) is 13.7 Å². The van der Waals surface area contributed by atoms with E-state index in [-0.39, 0.29) is 12.5 Å². The second kappa shape index (κ2) is 5.55. The van der Waals surface area contributed by atoms with E-state index < -0.39 is 30.6 Å². The molecule has 0 spiro atoms. The number of carbonyl (C=O) groups excluding carboxylic acids is 1. The van der Waals surface area contributed by atoms with E-state index in [2.05, 4.69) is 5.32 Å². The van der Waals surface area contributed by atoms with Gasteiger partial charge in [-0.05, 0) is 0 Å². The van der Waals surface area contributed by atoms with Gasteiger partial charge in [-0.25, -0.2) is 0 Å². The van der Waals surface area contributed by atoms with Crippen LogP contribution in [0.5, 0.6) is 0 Å². The molecule has 1 rings (SSSR count). The van der Waals surface area contributed by atoms with Gasteiger partial charge in [0.15, 0.2) is 6.29 Å². The molecule has 94 valence electrons. The van der Waals surface area contributed by atoms with E-state index in [9.17, 15) is 15.0 Å². The van der Waals surface area contributed by atoms with Gasteiger partial charge in [0.1, 0.15) is 24.4 Å². The minimum Gasteiger partial charge on any atom is -0.388 e. The molecule has 0 unspecified atom stereocenters. The van der Waals surface area contributed by atoms with Crippen molar-refractivity contribution in [3.05, 3.63) is 0 Å². The summed E-state index contributed by atoms with van der Waals surface area (Å²) in [5, 5.41) is 21.9. The number of aliphatic hydroxyl groups excluding tert-OH is 2. The highest BCUT2D eigenvalue weighted by Crippen LogP contribution is 2.21. The van der Waals surface area contributed by atoms with E-state index in [4.69, 9.17) is 15.2 Å². The van der Waals surface area contributed by atoms with Gasteiger partial charge in [-0.2, -0.15) is 0 Å². The lowest BCUT2D eigenvalue weighted by molar-refractivity contribution is -0.253. The fourth-order valence-electron chi connectivity index (χ4n) is 1.72. The summed E-state index contributed by atoms with van der Waals surface area (Å²) < 4.78 is 10.3. The molecule has 0 radical (unpaired) electrons. The number of nitrogens with one attached hydrogen (secondary N) is 1. The van der Waals surface area contributed by atoms with Crippen molar-refractivity contribution in [3.8, 4) is 0 Å². The van der Waals surface area contributed by atoms with Crippen molar-refractivity contribution < 1.29 is 24.5 Å². The van der Waals surface area contributed by atoms with Crippen LogP contribution in [-0.2, 0) is 14.3 Å². The molecule has 1 aliphatic rings. The van der Waals surface area contributed by atoms with Crippen LogP contribution < -0.4 is 11.1 Å². The molecule has 1 amide bonds. The summed E-state index contributed by atoms with van der Waals surface area (Å²) >= 11 is 0. The highest BCUT2D eigenvalue weighted by molar-refractivity contribution is 5.73. The van der Waals surface area contributed by atoms with Crippen molar-refractivity contribution >= 4 is 5.91 Å². The van der Waals surface area contributed by atoms with Crippen LogP contribution in [0, 0.1) is 0 Å². The maximum absolute atomic E-state index is 10.9. The Labute approximate surface area is 93.5 Å². The Morgan fingerprint density at radius 3 is 2.56 bits per heavy atom. The Morgan fingerprint density at radius 2 is 2.12 bits per heavy atom. The highest BCUT2D eigenvalue weighted by Gasteiger charge is 2.44. The first kappa shape index (κ1) is 13.3. The molecule has 16 heavy (non-hydrogen) atoms. The zero-order valence-electron chi connectivity index (χ0n) is 9.29. The van der Waals surface area contributed by atoms with Crippen LogP contribution in [0.1, 0.15) is 6.92 Å². The van der Waals surface area contributed by atoms with Crippen molar-refractivity contribution in [2.24, 2.45) is 5.73 Å². The number of hydrogen-bond acceptors (Lipinski definition) is 6. The molecule has 7 heteroatoms. The summed E-state index contributed by atoms with van der Waals surface area (Å²) in [5.74, 6) is -0.340. The number of rotatable bonds is 3. The second-order valence-electron chi connectivity index (χ2n) is 3.72. The van der Waals surface area contributed by atoms with Crippen LogP contribution in [-0.4, -0.2) is 60.4 Å². The molecular formula is C9H18N2O5. The fraction of sp³-hybridized carbons (Fsp3) is 0.889. The highest BCUT2D eigenvalue weighted by atomic mass is 16.7. The van der Waals surface area contributed by atoms with Crippen LogP contribution in [0.2, 0.25) is 0 Å². The Bertz CT molecular complexity index is 248. The van der Waals surface area contributed by atoms with E-state index in [1.807, 2.05) is 0 Å². The minimum atomic E-state index is -1.17. The van der Waals surface area contributed by atoms with Gasteiger partial charge in [-0.3, -0.25) is 4.79 Å². The van der Waals surface area contributed by atoms with Crippen molar-refractivity contribution in [1.82, 2.24) is 5.32 Å². The molecule has 7 nitrogen and oxygen atoms in total. The average molecular weight is 234 g/mol. The van der Waals surface area contributed by atoms with Crippen LogP contribution in [0.4, 0.5) is 0 Å². The predicted molar refractivity (Wildman–Crippen MR) is 54.3 cm³/mol. The number of amides is 1. The Balaban J connectivity index is 2.77. The van der Waals surface area contributed by atoms with Gasteiger partial charge in [-0.15, -0.1) is 0 Å². The van der Waals surface area contributed by atoms with E-state index in [0.717, 1.165) is 0 Å². The quantitative estimate of drug-likeness (QED) is 0.431. The predicted octanol–water partition coefficient (Wildman–Crippen LogP) is -2.46. The largest absolute Gasteiger partial charge is 0.388 e. The first-order valence-corrected chi connectivity index (χ1v) is 5.02. The Hall–Kier alpha value is -0.730. The van der Waals surface area contributed by atoms with Gasteiger partial charge in [0, 0.05) is 20.6 Å². The minimum absolute atomic E-state index is 0.0604. The molecule has 0 aliphatic carbocycles. The van der Waals surface area contributed by atoms with Crippen molar-refractivity contribution in [1.29, 1.82) is 0 Å². The zero-order chi connectivity index (χ0) is 12.3. The number of methoxy groups -OCH3 is 1. The summed E-state index contributed by atoms with van der Waals surface area (Å²) in [5.41, 5.74) is 5.38. The van der Waals surface area contributed by atoms with Crippen LogP contribution >= 0.6 is 0 Å². The van der Waals surface area contributed by atoms with Gasteiger partial charge in [-0.1, -0.05) is 0 Å². The third-order valence-corrected chi connectivity index (χ3v) is 2.54. The molecular weight excluding hydrogens is 216 g/mol. The Kier molecular flexibility index (Phi) is 4.63. The molecule has 0 aromatic heterocycles. The molecule has 1 heterocycles. The number of aliphatic hydroxyl groups is 2. The average Bonchev–Trinajstić information content (AvgIpc) is 2.25. The third-order valence-electron chi connectivity index (χ3n) is 2.54. The molecule has 0 aromatic rings. The standard InChI is InChI=1S/C9H18N2O5/c1-4(12)11-6-8(14)7(13)5(3-10)16-9(6)15-2/h5-9,13-14H,3,10H2,1-2H3,(H,11,12)/t5-,6-,7-,8-,9+/m1/s1. The van der Waals surface area contributed by atoms with Gasteiger partial charge < -0.3 is 30.7 Å². The van der Waals surface area contributed by atoms with Crippen LogP contribution in [0.15, 0.2) is 0 Å². The molecule has 1 fully saturated rings. The van der Waals surface area contributed by atoms with Gasteiger partial charge in [0.25, 0.3) is 0 Å². The Morgan fingerprint density at radius 1 is 1.50 bits per heavy atom. The topological polar surface area (TPSA) is 114 Å². The third kappa shape index (κ3) is 2.69. The van der Waals surface area contributed by atoms with Crippen molar-refractivity contribution in [2.45, 2.75) is 37.6 Å². The van der Waals surface area contributed by atoms with E-state index in [1.54, 1.807) is 0 Å². The molecule has 0 aromatic carbocycles. The van der Waals surface area contributed by atoms with E-state index >= 15 is 0 Å². The molecule has 0 saturated carbocycles. The van der Waals surface area contributed by atoms with Gasteiger partial charge in [0.2, 0.25) is 5.91 Å². The first-order valence-electron chi connectivity index (χ1n) is 5.02. The molecule has 0 bridgehead atoms. The maximum atomic E-state index is 10.9. The summed E-state index contributed by atoms with van der Waals surface area (Å²) in [7, 11) is 1.39. The second-order valence-corrected chi connectivity index (χ2v) is 3.72. The lowest BCUT2D eigenvalue weighted by Crippen LogP contribution is -2.64. The zero-order valence-corrected chi connectivity index (χ0v) is 9.29. The number of ether oxygens (including phenoxy) is 2. The summed E-state index contributed by atoms with van der Waals surface area (Å²) in [4.78, 5) is 10.9. The van der Waals surface area contributed by atoms with Gasteiger partial charge in [0.05, 0.1) is 0 Å². The first-order chi connectivity index (χ1) is 7.51. The summed E-state index contributed by atoms with van der Waals surface area (Å²) in [6.07, 6.45) is -3.84. The molecule has 1 aliphatic heterocycles. The van der Waals surface area contributed by atoms with Crippen molar-refractivity contribution in [3.63, 3.8) is 0 Å².